The highest BCUT2D eigenvalue weighted by molar-refractivity contribution is 7.89. The van der Waals surface area contributed by atoms with Crippen molar-refractivity contribution in [2.75, 3.05) is 31.6 Å². The lowest BCUT2D eigenvalue weighted by Gasteiger charge is -2.26. The van der Waals surface area contributed by atoms with Crippen LogP contribution in [0.25, 0.3) is 0 Å². The summed E-state index contributed by atoms with van der Waals surface area (Å²) in [4.78, 5) is 12.0. The van der Waals surface area contributed by atoms with Gasteiger partial charge in [-0.25, -0.2) is 12.8 Å². The van der Waals surface area contributed by atoms with Gasteiger partial charge in [0.15, 0.2) is 0 Å². The summed E-state index contributed by atoms with van der Waals surface area (Å²) in [5.74, 6) is -1.25. The van der Waals surface area contributed by atoms with E-state index >= 15 is 0 Å². The van der Waals surface area contributed by atoms with E-state index in [4.69, 9.17) is 4.74 Å². The zero-order valence-corrected chi connectivity index (χ0v) is 16.0. The minimum Gasteiger partial charge on any atom is -0.379 e. The van der Waals surface area contributed by atoms with Crippen molar-refractivity contribution in [2.24, 2.45) is 0 Å². The number of nitrogens with one attached hydrogen (secondary N) is 1. The van der Waals surface area contributed by atoms with Crippen molar-refractivity contribution in [3.63, 3.8) is 0 Å². The Labute approximate surface area is 158 Å². The molecule has 0 radical (unpaired) electrons. The number of halogens is 1. The second-order valence-electron chi connectivity index (χ2n) is 6.41. The molecule has 144 valence electrons. The van der Waals surface area contributed by atoms with Gasteiger partial charge in [0.2, 0.25) is 10.0 Å². The number of nitrogens with zero attached hydrogens (tertiary/aromatic N) is 1. The summed E-state index contributed by atoms with van der Waals surface area (Å²) in [7, 11) is -4.00. The molecule has 2 aromatic rings. The van der Waals surface area contributed by atoms with Crippen LogP contribution in [0.3, 0.4) is 0 Å². The molecule has 0 spiro atoms. The van der Waals surface area contributed by atoms with Crippen molar-refractivity contribution in [3.05, 3.63) is 58.9 Å². The first-order valence-electron chi connectivity index (χ1n) is 8.55. The average Bonchev–Trinajstić information content (AvgIpc) is 2.66. The van der Waals surface area contributed by atoms with E-state index in [0.29, 0.717) is 5.56 Å². The van der Waals surface area contributed by atoms with Crippen molar-refractivity contribution in [1.82, 2.24) is 4.31 Å². The maximum Gasteiger partial charge on any atom is 0.255 e. The van der Waals surface area contributed by atoms with Crippen molar-refractivity contribution in [1.29, 1.82) is 0 Å². The van der Waals surface area contributed by atoms with Crippen LogP contribution in [0.2, 0.25) is 0 Å². The number of benzene rings is 2. The summed E-state index contributed by atoms with van der Waals surface area (Å²) in [6, 6.07) is 8.81. The molecule has 0 bridgehead atoms. The van der Waals surface area contributed by atoms with E-state index in [1.807, 2.05) is 19.9 Å². The molecule has 0 saturated carbocycles. The van der Waals surface area contributed by atoms with E-state index in [2.05, 4.69) is 5.32 Å². The normalized spacial score (nSPS) is 15.5. The van der Waals surface area contributed by atoms with Crippen LogP contribution in [0.4, 0.5) is 10.1 Å². The van der Waals surface area contributed by atoms with Gasteiger partial charge < -0.3 is 10.1 Å². The number of morpholine rings is 1. The molecule has 0 atom stereocenters. The van der Waals surface area contributed by atoms with E-state index in [-0.39, 0.29) is 37.9 Å². The molecule has 27 heavy (non-hydrogen) atoms. The highest BCUT2D eigenvalue weighted by Crippen LogP contribution is 2.24. The van der Waals surface area contributed by atoms with E-state index in [0.717, 1.165) is 23.3 Å². The van der Waals surface area contributed by atoms with E-state index in [1.165, 1.54) is 10.4 Å². The Hall–Kier alpha value is -2.29. The molecule has 1 aliphatic heterocycles. The summed E-state index contributed by atoms with van der Waals surface area (Å²) < 4.78 is 46.0. The van der Waals surface area contributed by atoms with Gasteiger partial charge in [0, 0.05) is 24.3 Å². The van der Waals surface area contributed by atoms with Crippen LogP contribution in [0.1, 0.15) is 21.5 Å². The highest BCUT2D eigenvalue weighted by atomic mass is 32.2. The molecule has 0 unspecified atom stereocenters. The zero-order valence-electron chi connectivity index (χ0n) is 15.2. The molecular formula is C19H21FN2O4S. The molecule has 8 heteroatoms. The Morgan fingerprint density at radius 2 is 1.78 bits per heavy atom. The minimum absolute atomic E-state index is 0.168. The van der Waals surface area contributed by atoms with E-state index < -0.39 is 20.7 Å². The first kappa shape index (κ1) is 19.5. The number of carbonyl (C=O) groups is 1. The summed E-state index contributed by atoms with van der Waals surface area (Å²) >= 11 is 0. The van der Waals surface area contributed by atoms with Crippen molar-refractivity contribution in [3.8, 4) is 0 Å². The first-order chi connectivity index (χ1) is 12.8. The summed E-state index contributed by atoms with van der Waals surface area (Å²) in [6.45, 7) is 4.72. The largest absolute Gasteiger partial charge is 0.379 e. The number of hydrogen-bond acceptors (Lipinski definition) is 4. The number of rotatable bonds is 4. The van der Waals surface area contributed by atoms with Crippen LogP contribution in [-0.2, 0) is 14.8 Å². The van der Waals surface area contributed by atoms with Crippen LogP contribution in [0.5, 0.6) is 0 Å². The van der Waals surface area contributed by atoms with Gasteiger partial charge in [0.05, 0.1) is 13.2 Å². The average molecular weight is 392 g/mol. The predicted molar refractivity (Wildman–Crippen MR) is 99.8 cm³/mol. The summed E-state index contributed by atoms with van der Waals surface area (Å²) in [6.07, 6.45) is 0. The van der Waals surface area contributed by atoms with Gasteiger partial charge in [-0.1, -0.05) is 6.07 Å². The van der Waals surface area contributed by atoms with Gasteiger partial charge in [-0.3, -0.25) is 4.79 Å². The fourth-order valence-corrected chi connectivity index (χ4v) is 4.29. The lowest BCUT2D eigenvalue weighted by atomic mass is 10.1. The third-order valence-corrected chi connectivity index (χ3v) is 6.46. The quantitative estimate of drug-likeness (QED) is 0.868. The van der Waals surface area contributed by atoms with Gasteiger partial charge >= 0.3 is 0 Å². The standard InChI is InChI=1S/C19H21FN2O4S/c1-13-3-4-15(11-14(13)2)19(23)21-16-5-6-17(20)18(12-16)27(24,25)22-7-9-26-10-8-22/h3-6,11-12H,7-10H2,1-2H3,(H,21,23). The number of sulfonamides is 1. The Kier molecular flexibility index (Phi) is 5.59. The first-order valence-corrected chi connectivity index (χ1v) is 9.99. The molecule has 3 rings (SSSR count). The fourth-order valence-electron chi connectivity index (χ4n) is 2.79. The van der Waals surface area contributed by atoms with Gasteiger partial charge in [-0.2, -0.15) is 4.31 Å². The minimum atomic E-state index is -4.00. The van der Waals surface area contributed by atoms with Crippen LogP contribution in [0, 0.1) is 19.7 Å². The smallest absolute Gasteiger partial charge is 0.255 e. The number of anilines is 1. The molecule has 6 nitrogen and oxygen atoms in total. The summed E-state index contributed by atoms with van der Waals surface area (Å²) in [5.41, 5.74) is 2.69. The molecule has 1 fully saturated rings. The highest BCUT2D eigenvalue weighted by Gasteiger charge is 2.29. The molecule has 0 aliphatic carbocycles. The molecule has 0 aromatic heterocycles. The number of ether oxygens (including phenoxy) is 1. The molecule has 2 aromatic carbocycles. The van der Waals surface area contributed by atoms with Crippen LogP contribution < -0.4 is 5.32 Å². The molecular weight excluding hydrogens is 371 g/mol. The van der Waals surface area contributed by atoms with Gasteiger partial charge in [0.1, 0.15) is 10.7 Å². The SMILES string of the molecule is Cc1ccc(C(=O)Nc2ccc(F)c(S(=O)(=O)N3CCOCC3)c2)cc1C. The van der Waals surface area contributed by atoms with Crippen molar-refractivity contribution >= 4 is 21.6 Å². The van der Waals surface area contributed by atoms with Crippen molar-refractivity contribution < 1.29 is 22.3 Å². The lowest BCUT2D eigenvalue weighted by molar-refractivity contribution is 0.0729. The number of aryl methyl sites for hydroxylation is 2. The molecule has 1 amide bonds. The van der Waals surface area contributed by atoms with E-state index in [1.54, 1.807) is 12.1 Å². The predicted octanol–water partition coefficient (Wildman–Crippen LogP) is 2.72. The Balaban J connectivity index is 1.86. The van der Waals surface area contributed by atoms with Crippen LogP contribution in [-0.4, -0.2) is 44.9 Å². The maximum atomic E-state index is 14.2. The number of carbonyl (C=O) groups excluding carboxylic acids is 1. The van der Waals surface area contributed by atoms with Crippen LogP contribution >= 0.6 is 0 Å². The zero-order chi connectivity index (χ0) is 19.6. The number of hydrogen-bond donors (Lipinski definition) is 1. The van der Waals surface area contributed by atoms with Crippen molar-refractivity contribution in [2.45, 2.75) is 18.7 Å². The Bertz CT molecular complexity index is 970. The molecule has 1 N–H and O–H groups in total. The van der Waals surface area contributed by atoms with E-state index in [9.17, 15) is 17.6 Å². The van der Waals surface area contributed by atoms with Gasteiger partial charge in [-0.15, -0.1) is 0 Å². The third-order valence-electron chi connectivity index (χ3n) is 4.55. The lowest BCUT2D eigenvalue weighted by Crippen LogP contribution is -2.40. The topological polar surface area (TPSA) is 75.7 Å². The van der Waals surface area contributed by atoms with Crippen LogP contribution in [0.15, 0.2) is 41.3 Å². The van der Waals surface area contributed by atoms with Gasteiger partial charge in [-0.05, 0) is 55.3 Å². The molecule has 1 heterocycles. The maximum absolute atomic E-state index is 14.2. The van der Waals surface area contributed by atoms with Gasteiger partial charge in [0.25, 0.3) is 5.91 Å². The molecule has 1 aliphatic rings. The Morgan fingerprint density at radius 3 is 2.44 bits per heavy atom. The summed E-state index contributed by atoms with van der Waals surface area (Å²) in [5, 5.41) is 2.63. The monoisotopic (exact) mass is 392 g/mol. The number of amides is 1. The second kappa shape index (κ2) is 7.75. The Morgan fingerprint density at radius 1 is 1.07 bits per heavy atom. The fraction of sp³-hybridized carbons (Fsp3) is 0.316. The molecule has 1 saturated heterocycles. The third kappa shape index (κ3) is 4.18. The second-order valence-corrected chi connectivity index (χ2v) is 8.32.